The minimum atomic E-state index is 0.859. The third-order valence-electron chi connectivity index (χ3n) is 4.30. The summed E-state index contributed by atoms with van der Waals surface area (Å²) in [5.41, 5.74) is 2.84. The molecule has 0 aliphatic heterocycles. The Labute approximate surface area is 109 Å². The molecular formula is C16H23N2+. The van der Waals surface area contributed by atoms with E-state index in [1.807, 2.05) is 0 Å². The number of aromatic nitrogens is 1. The van der Waals surface area contributed by atoms with Crippen molar-refractivity contribution in [1.82, 2.24) is 4.57 Å². The van der Waals surface area contributed by atoms with Crippen LogP contribution in [0.5, 0.6) is 0 Å². The van der Waals surface area contributed by atoms with Gasteiger partial charge in [0.15, 0.2) is 0 Å². The molecule has 96 valence electrons. The molecule has 18 heavy (non-hydrogen) atoms. The van der Waals surface area contributed by atoms with Crippen molar-refractivity contribution in [3.8, 4) is 0 Å². The molecule has 0 amide bonds. The lowest BCUT2D eigenvalue weighted by Crippen LogP contribution is -2.88. The first-order chi connectivity index (χ1) is 8.84. The van der Waals surface area contributed by atoms with Gasteiger partial charge < -0.3 is 9.88 Å². The maximum atomic E-state index is 2.56. The highest BCUT2D eigenvalue weighted by Gasteiger charge is 2.16. The van der Waals surface area contributed by atoms with Crippen LogP contribution in [0, 0.1) is 0 Å². The maximum absolute atomic E-state index is 2.56. The first-order valence-electron chi connectivity index (χ1n) is 7.21. The second kappa shape index (κ2) is 5.15. The van der Waals surface area contributed by atoms with Crippen molar-refractivity contribution in [1.29, 1.82) is 0 Å². The van der Waals surface area contributed by atoms with Gasteiger partial charge in [0.05, 0.1) is 6.04 Å². The summed E-state index contributed by atoms with van der Waals surface area (Å²) in [6, 6.07) is 9.58. The van der Waals surface area contributed by atoms with Gasteiger partial charge in [0.2, 0.25) is 0 Å². The number of aryl methyl sites for hydroxylation is 1. The van der Waals surface area contributed by atoms with Gasteiger partial charge in [-0.2, -0.15) is 0 Å². The molecule has 1 aliphatic carbocycles. The molecule has 1 fully saturated rings. The van der Waals surface area contributed by atoms with E-state index in [2.05, 4.69) is 47.4 Å². The molecule has 1 aromatic carbocycles. The van der Waals surface area contributed by atoms with Crippen LogP contribution in [0.15, 0.2) is 30.5 Å². The molecule has 3 rings (SSSR count). The average molecular weight is 243 g/mol. The Morgan fingerprint density at radius 2 is 1.94 bits per heavy atom. The highest BCUT2D eigenvalue weighted by molar-refractivity contribution is 5.83. The molecule has 2 nitrogen and oxygen atoms in total. The first-order valence-corrected chi connectivity index (χ1v) is 7.21. The van der Waals surface area contributed by atoms with Crippen molar-refractivity contribution in [3.05, 3.63) is 36.0 Å². The zero-order chi connectivity index (χ0) is 12.4. The van der Waals surface area contributed by atoms with Crippen LogP contribution in [-0.4, -0.2) is 10.6 Å². The molecule has 0 spiro atoms. The number of hydrogen-bond donors (Lipinski definition) is 1. The van der Waals surface area contributed by atoms with Gasteiger partial charge in [-0.1, -0.05) is 24.6 Å². The summed E-state index contributed by atoms with van der Waals surface area (Å²) in [6.45, 7) is 1.13. The van der Waals surface area contributed by atoms with Gasteiger partial charge in [0.25, 0.3) is 0 Å². The summed E-state index contributed by atoms with van der Waals surface area (Å²) < 4.78 is 2.25. The molecule has 0 saturated heterocycles. The predicted molar refractivity (Wildman–Crippen MR) is 75.4 cm³/mol. The summed E-state index contributed by atoms with van der Waals surface area (Å²) in [6.07, 6.45) is 9.41. The molecule has 0 bridgehead atoms. The smallest absolute Gasteiger partial charge is 0.104 e. The number of nitrogens with zero attached hydrogens (tertiary/aromatic N) is 1. The molecular weight excluding hydrogens is 220 g/mol. The standard InChI is InChI=1S/C16H22N2/c1-18-12-13(15-9-5-6-10-16(15)18)11-17-14-7-3-2-4-8-14/h5-6,9-10,12,14,17H,2-4,7-8,11H2,1H3/p+1. The van der Waals surface area contributed by atoms with E-state index in [9.17, 15) is 0 Å². The maximum Gasteiger partial charge on any atom is 0.104 e. The van der Waals surface area contributed by atoms with Crippen LogP contribution in [0.3, 0.4) is 0 Å². The summed E-state index contributed by atoms with van der Waals surface area (Å²) in [7, 11) is 2.15. The lowest BCUT2D eigenvalue weighted by atomic mass is 9.95. The molecule has 2 aromatic rings. The van der Waals surface area contributed by atoms with E-state index < -0.39 is 0 Å². The third-order valence-corrected chi connectivity index (χ3v) is 4.30. The van der Waals surface area contributed by atoms with Gasteiger partial charge in [-0.3, -0.25) is 0 Å². The van der Waals surface area contributed by atoms with Crippen LogP contribution in [-0.2, 0) is 13.6 Å². The lowest BCUT2D eigenvalue weighted by Gasteiger charge is -2.19. The summed E-state index contributed by atoms with van der Waals surface area (Å²) in [5.74, 6) is 0. The quantitative estimate of drug-likeness (QED) is 0.856. The van der Waals surface area contributed by atoms with Crippen molar-refractivity contribution in [2.45, 2.75) is 44.7 Å². The summed E-state index contributed by atoms with van der Waals surface area (Å²) in [4.78, 5) is 0. The van der Waals surface area contributed by atoms with E-state index in [0.717, 1.165) is 12.6 Å². The Morgan fingerprint density at radius 1 is 1.17 bits per heavy atom. The number of benzene rings is 1. The fraction of sp³-hybridized carbons (Fsp3) is 0.500. The van der Waals surface area contributed by atoms with Crippen molar-refractivity contribution >= 4 is 10.9 Å². The molecule has 2 heteroatoms. The van der Waals surface area contributed by atoms with Crippen molar-refractivity contribution < 1.29 is 5.32 Å². The largest absolute Gasteiger partial charge is 0.350 e. The molecule has 1 aliphatic rings. The molecule has 0 radical (unpaired) electrons. The van der Waals surface area contributed by atoms with Crippen LogP contribution < -0.4 is 5.32 Å². The molecule has 1 saturated carbocycles. The Kier molecular flexibility index (Phi) is 3.37. The van der Waals surface area contributed by atoms with Gasteiger partial charge in [0, 0.05) is 29.7 Å². The van der Waals surface area contributed by atoms with Crippen LogP contribution >= 0.6 is 0 Å². The van der Waals surface area contributed by atoms with E-state index in [-0.39, 0.29) is 0 Å². The van der Waals surface area contributed by atoms with Gasteiger partial charge >= 0.3 is 0 Å². The van der Waals surface area contributed by atoms with Crippen LogP contribution in [0.1, 0.15) is 37.7 Å². The minimum absolute atomic E-state index is 0.859. The Hall–Kier alpha value is -1.28. The van der Waals surface area contributed by atoms with Crippen molar-refractivity contribution in [3.63, 3.8) is 0 Å². The fourth-order valence-corrected chi connectivity index (χ4v) is 3.25. The predicted octanol–water partition coefficient (Wildman–Crippen LogP) is 2.57. The normalized spacial score (nSPS) is 17.4. The molecule has 0 atom stereocenters. The minimum Gasteiger partial charge on any atom is -0.350 e. The van der Waals surface area contributed by atoms with Crippen LogP contribution in [0.4, 0.5) is 0 Å². The zero-order valence-corrected chi connectivity index (χ0v) is 11.2. The summed E-state index contributed by atoms with van der Waals surface area (Å²) in [5, 5.41) is 3.98. The first kappa shape index (κ1) is 11.8. The lowest BCUT2D eigenvalue weighted by molar-refractivity contribution is -0.706. The van der Waals surface area contributed by atoms with Gasteiger partial charge in [0.1, 0.15) is 6.54 Å². The van der Waals surface area contributed by atoms with Crippen molar-refractivity contribution in [2.24, 2.45) is 7.05 Å². The average Bonchev–Trinajstić information content (AvgIpc) is 2.75. The highest BCUT2D eigenvalue weighted by atomic mass is 14.9. The van der Waals surface area contributed by atoms with E-state index in [4.69, 9.17) is 0 Å². The zero-order valence-electron chi connectivity index (χ0n) is 11.2. The molecule has 1 heterocycles. The number of hydrogen-bond acceptors (Lipinski definition) is 0. The summed E-state index contributed by atoms with van der Waals surface area (Å²) >= 11 is 0. The van der Waals surface area contributed by atoms with Gasteiger partial charge in [-0.05, 0) is 31.7 Å². The number of fused-ring (bicyclic) bond motifs is 1. The number of rotatable bonds is 3. The van der Waals surface area contributed by atoms with E-state index in [1.165, 1.54) is 48.6 Å². The second-order valence-electron chi connectivity index (χ2n) is 5.62. The molecule has 0 unspecified atom stereocenters. The van der Waals surface area contributed by atoms with E-state index >= 15 is 0 Å². The third kappa shape index (κ3) is 2.30. The highest BCUT2D eigenvalue weighted by Crippen LogP contribution is 2.20. The number of para-hydroxylation sites is 1. The SMILES string of the molecule is Cn1cc(C[NH2+]C2CCCCC2)c2ccccc21. The molecule has 2 N–H and O–H groups in total. The Balaban J connectivity index is 1.74. The Morgan fingerprint density at radius 3 is 2.78 bits per heavy atom. The molecule has 1 aromatic heterocycles. The van der Waals surface area contributed by atoms with Crippen molar-refractivity contribution in [2.75, 3.05) is 0 Å². The second-order valence-corrected chi connectivity index (χ2v) is 5.62. The van der Waals surface area contributed by atoms with Gasteiger partial charge in [-0.25, -0.2) is 0 Å². The monoisotopic (exact) mass is 243 g/mol. The van der Waals surface area contributed by atoms with Crippen LogP contribution in [0.2, 0.25) is 0 Å². The van der Waals surface area contributed by atoms with Gasteiger partial charge in [-0.15, -0.1) is 0 Å². The topological polar surface area (TPSA) is 21.5 Å². The van der Waals surface area contributed by atoms with E-state index in [0.29, 0.717) is 0 Å². The Bertz CT molecular complexity index is 521. The van der Waals surface area contributed by atoms with E-state index in [1.54, 1.807) is 0 Å². The number of quaternary nitrogens is 1. The number of nitrogens with two attached hydrogens (primary N) is 1. The fourth-order valence-electron chi connectivity index (χ4n) is 3.25. The van der Waals surface area contributed by atoms with Crippen LogP contribution in [0.25, 0.3) is 10.9 Å².